The van der Waals surface area contributed by atoms with Gasteiger partial charge < -0.3 is 0 Å². The number of hydrogen-bond acceptors (Lipinski definition) is 2. The Morgan fingerprint density at radius 3 is 2.32 bits per heavy atom. The Balaban J connectivity index is 1.90. The quantitative estimate of drug-likeness (QED) is 0.615. The lowest BCUT2D eigenvalue weighted by molar-refractivity contribution is -0.114. The summed E-state index contributed by atoms with van der Waals surface area (Å²) in [5.41, 5.74) is 4.07. The van der Waals surface area contributed by atoms with E-state index in [1.807, 2.05) is 25.1 Å². The monoisotopic (exact) mass is 372 g/mol. The summed E-state index contributed by atoms with van der Waals surface area (Å²) in [5, 5.41) is 6.55. The smallest absolute Gasteiger partial charge is 0.267 e. The van der Waals surface area contributed by atoms with Crippen molar-refractivity contribution in [3.05, 3.63) is 69.2 Å². The zero-order valence-corrected chi connectivity index (χ0v) is 15.8. The third-order valence-corrected chi connectivity index (χ3v) is 4.86. The minimum atomic E-state index is -0.177. The lowest BCUT2D eigenvalue weighted by atomic mass is 10.0. The molecule has 1 aliphatic heterocycles. The molecule has 0 atom stereocenters. The van der Waals surface area contributed by atoms with E-state index in [-0.39, 0.29) is 5.91 Å². The molecule has 128 valence electrons. The highest BCUT2D eigenvalue weighted by molar-refractivity contribution is 6.42. The average molecular weight is 373 g/mol. The molecule has 0 saturated heterocycles. The van der Waals surface area contributed by atoms with Crippen molar-refractivity contribution < 1.29 is 4.79 Å². The van der Waals surface area contributed by atoms with Crippen LogP contribution in [-0.2, 0) is 4.79 Å². The number of benzene rings is 2. The van der Waals surface area contributed by atoms with E-state index in [0.29, 0.717) is 32.9 Å². The van der Waals surface area contributed by atoms with E-state index in [4.69, 9.17) is 23.2 Å². The van der Waals surface area contributed by atoms with Crippen molar-refractivity contribution in [1.29, 1.82) is 0 Å². The lowest BCUT2D eigenvalue weighted by Crippen LogP contribution is -2.21. The number of anilines is 1. The average Bonchev–Trinajstić information content (AvgIpc) is 2.86. The van der Waals surface area contributed by atoms with E-state index in [1.54, 1.807) is 18.2 Å². The van der Waals surface area contributed by atoms with E-state index in [1.165, 1.54) is 10.6 Å². The number of carbonyl (C=O) groups excluding carboxylic acids is 1. The van der Waals surface area contributed by atoms with Gasteiger partial charge in [0.25, 0.3) is 5.91 Å². The van der Waals surface area contributed by atoms with Gasteiger partial charge in [0, 0.05) is 0 Å². The van der Waals surface area contributed by atoms with Gasteiger partial charge in [0.2, 0.25) is 0 Å². The van der Waals surface area contributed by atoms with Gasteiger partial charge in [0.15, 0.2) is 0 Å². The van der Waals surface area contributed by atoms with Crippen molar-refractivity contribution in [3.63, 3.8) is 0 Å². The molecule has 1 amide bonds. The standard InChI is InChI=1S/C20H18Cl2N2O/c1-12(2)15-6-4-14(5-7-15)10-17-13(3)23-24(20(17)25)16-8-9-18(21)19(22)11-16/h4-12H,1-3H3/b17-10+. The SMILES string of the molecule is CC1=NN(c2ccc(Cl)c(Cl)c2)C(=O)/C1=C/c1ccc(C(C)C)cc1. The van der Waals surface area contributed by atoms with E-state index < -0.39 is 0 Å². The molecule has 25 heavy (non-hydrogen) atoms. The van der Waals surface area contributed by atoms with Gasteiger partial charge in [-0.3, -0.25) is 4.79 Å². The summed E-state index contributed by atoms with van der Waals surface area (Å²) < 4.78 is 0. The van der Waals surface area contributed by atoms with Crippen molar-refractivity contribution in [3.8, 4) is 0 Å². The largest absolute Gasteiger partial charge is 0.280 e. The lowest BCUT2D eigenvalue weighted by Gasteiger charge is -2.12. The Morgan fingerprint density at radius 1 is 1.04 bits per heavy atom. The van der Waals surface area contributed by atoms with Crippen molar-refractivity contribution in [2.75, 3.05) is 5.01 Å². The maximum Gasteiger partial charge on any atom is 0.280 e. The maximum absolute atomic E-state index is 12.8. The van der Waals surface area contributed by atoms with E-state index in [2.05, 4.69) is 31.1 Å². The Bertz CT molecular complexity index is 883. The highest BCUT2D eigenvalue weighted by Gasteiger charge is 2.28. The van der Waals surface area contributed by atoms with Gasteiger partial charge in [-0.1, -0.05) is 61.3 Å². The molecule has 0 aromatic heterocycles. The van der Waals surface area contributed by atoms with Crippen LogP contribution in [0.3, 0.4) is 0 Å². The molecule has 3 rings (SSSR count). The first-order valence-electron chi connectivity index (χ1n) is 8.03. The van der Waals surface area contributed by atoms with Crippen LogP contribution in [0.25, 0.3) is 6.08 Å². The summed E-state index contributed by atoms with van der Waals surface area (Å²) in [6.07, 6.45) is 1.86. The summed E-state index contributed by atoms with van der Waals surface area (Å²) in [7, 11) is 0. The number of nitrogens with zero attached hydrogens (tertiary/aromatic N) is 2. The highest BCUT2D eigenvalue weighted by Crippen LogP contribution is 2.31. The summed E-state index contributed by atoms with van der Waals surface area (Å²) >= 11 is 12.0. The first-order chi connectivity index (χ1) is 11.9. The van der Waals surface area contributed by atoms with Crippen LogP contribution in [0, 0.1) is 0 Å². The molecule has 0 radical (unpaired) electrons. The van der Waals surface area contributed by atoms with Crippen LogP contribution in [0.5, 0.6) is 0 Å². The molecule has 1 heterocycles. The molecule has 2 aromatic rings. The zero-order chi connectivity index (χ0) is 18.1. The van der Waals surface area contributed by atoms with Crippen LogP contribution in [0.1, 0.15) is 37.8 Å². The highest BCUT2D eigenvalue weighted by atomic mass is 35.5. The molecular weight excluding hydrogens is 355 g/mol. The second-order valence-corrected chi connectivity index (χ2v) is 7.09. The fraction of sp³-hybridized carbons (Fsp3) is 0.200. The third kappa shape index (κ3) is 3.63. The first-order valence-corrected chi connectivity index (χ1v) is 8.79. The molecular formula is C20H18Cl2N2O. The summed E-state index contributed by atoms with van der Waals surface area (Å²) in [6.45, 7) is 6.13. The van der Waals surface area contributed by atoms with Crippen LogP contribution < -0.4 is 5.01 Å². The van der Waals surface area contributed by atoms with E-state index in [9.17, 15) is 4.79 Å². The minimum absolute atomic E-state index is 0.177. The van der Waals surface area contributed by atoms with Crippen LogP contribution in [0.2, 0.25) is 10.0 Å². The number of rotatable bonds is 3. The molecule has 0 fully saturated rings. The number of hydrogen-bond donors (Lipinski definition) is 0. The number of hydrazone groups is 1. The normalized spacial score (nSPS) is 16.1. The number of carbonyl (C=O) groups is 1. The van der Waals surface area contributed by atoms with Crippen molar-refractivity contribution in [2.24, 2.45) is 5.10 Å². The molecule has 0 bridgehead atoms. The number of amides is 1. The number of halogens is 2. The predicted octanol–water partition coefficient (Wildman–Crippen LogP) is 5.92. The van der Waals surface area contributed by atoms with Crippen LogP contribution in [-0.4, -0.2) is 11.6 Å². The third-order valence-electron chi connectivity index (χ3n) is 4.12. The molecule has 0 unspecified atom stereocenters. The van der Waals surface area contributed by atoms with E-state index >= 15 is 0 Å². The fourth-order valence-electron chi connectivity index (χ4n) is 2.62. The zero-order valence-electron chi connectivity index (χ0n) is 14.3. The Labute approximate surface area is 157 Å². The van der Waals surface area contributed by atoms with Gasteiger partial charge in [-0.15, -0.1) is 0 Å². The summed E-state index contributed by atoms with van der Waals surface area (Å²) in [6, 6.07) is 13.2. The molecule has 1 aliphatic rings. The van der Waals surface area contributed by atoms with Crippen molar-refractivity contribution in [2.45, 2.75) is 26.7 Å². The molecule has 0 N–H and O–H groups in total. The second kappa shape index (κ2) is 7.03. The Hall–Kier alpha value is -2.10. The second-order valence-electron chi connectivity index (χ2n) is 6.28. The van der Waals surface area contributed by atoms with Crippen molar-refractivity contribution >= 4 is 46.6 Å². The van der Waals surface area contributed by atoms with E-state index in [0.717, 1.165) is 5.56 Å². The van der Waals surface area contributed by atoms with Crippen LogP contribution in [0.15, 0.2) is 53.1 Å². The molecule has 0 aliphatic carbocycles. The van der Waals surface area contributed by atoms with Gasteiger partial charge in [0.05, 0.1) is 27.0 Å². The topological polar surface area (TPSA) is 32.7 Å². The van der Waals surface area contributed by atoms with Gasteiger partial charge in [0.1, 0.15) is 0 Å². The van der Waals surface area contributed by atoms with Crippen LogP contribution in [0.4, 0.5) is 5.69 Å². The summed E-state index contributed by atoms with van der Waals surface area (Å²) in [4.78, 5) is 12.8. The molecule has 3 nitrogen and oxygen atoms in total. The molecule has 5 heteroatoms. The predicted molar refractivity (Wildman–Crippen MR) is 106 cm³/mol. The van der Waals surface area contributed by atoms with Crippen molar-refractivity contribution in [1.82, 2.24) is 0 Å². The molecule has 0 spiro atoms. The minimum Gasteiger partial charge on any atom is -0.267 e. The van der Waals surface area contributed by atoms with Crippen LogP contribution >= 0.6 is 23.2 Å². The maximum atomic E-state index is 12.8. The van der Waals surface area contributed by atoms with Gasteiger partial charge in [-0.25, -0.2) is 0 Å². The Morgan fingerprint density at radius 2 is 1.72 bits per heavy atom. The molecule has 0 saturated carbocycles. The van der Waals surface area contributed by atoms with Gasteiger partial charge >= 0.3 is 0 Å². The Kier molecular flexibility index (Phi) is 4.98. The summed E-state index contributed by atoms with van der Waals surface area (Å²) in [5.74, 6) is 0.298. The van der Waals surface area contributed by atoms with Gasteiger partial charge in [-0.2, -0.15) is 10.1 Å². The molecule has 2 aromatic carbocycles. The van der Waals surface area contributed by atoms with Gasteiger partial charge in [-0.05, 0) is 48.2 Å². The fourth-order valence-corrected chi connectivity index (χ4v) is 2.91. The first kappa shape index (κ1) is 17.7.